The molecule has 6 nitrogen and oxygen atoms in total. The second-order valence-electron chi connectivity index (χ2n) is 5.78. The maximum Gasteiger partial charge on any atom is 0.306 e. The molecule has 1 aromatic carbocycles. The average molecular weight is 348 g/mol. The summed E-state index contributed by atoms with van der Waals surface area (Å²) in [4.78, 5) is 23.9. The Labute approximate surface area is 145 Å². The van der Waals surface area contributed by atoms with Crippen LogP contribution in [0.25, 0.3) is 0 Å². The van der Waals surface area contributed by atoms with Crippen LogP contribution in [0.3, 0.4) is 0 Å². The predicted molar refractivity (Wildman–Crippen MR) is 88.1 cm³/mol. The fraction of sp³-hybridized carbons (Fsp3) is 0.389. The number of aryl methyl sites for hydroxylation is 2. The molecule has 1 N–H and O–H groups in total. The first-order valence-electron chi connectivity index (χ1n) is 8.00. The Bertz CT molecular complexity index is 721. The van der Waals surface area contributed by atoms with Crippen LogP contribution < -0.4 is 5.32 Å². The monoisotopic (exact) mass is 348 g/mol. The number of benzene rings is 1. The summed E-state index contributed by atoms with van der Waals surface area (Å²) in [5.41, 5.74) is 2.38. The quantitative estimate of drug-likeness (QED) is 0.778. The van der Waals surface area contributed by atoms with Crippen molar-refractivity contribution in [2.24, 2.45) is 0 Å². The lowest BCUT2D eigenvalue weighted by Crippen LogP contribution is -2.35. The molecule has 0 bridgehead atoms. The number of ether oxygens (including phenoxy) is 1. The van der Waals surface area contributed by atoms with E-state index in [0.717, 1.165) is 16.8 Å². The van der Waals surface area contributed by atoms with E-state index in [1.807, 2.05) is 6.92 Å². The molecule has 0 saturated carbocycles. The summed E-state index contributed by atoms with van der Waals surface area (Å²) >= 11 is 0. The number of rotatable bonds is 7. The highest BCUT2D eigenvalue weighted by atomic mass is 19.1. The number of esters is 1. The SMILES string of the molecule is Cc1noc(C)c1CCC(=O)O[C@H](C)C(=O)NCc1ccc(F)cc1. The highest BCUT2D eigenvalue weighted by Gasteiger charge is 2.18. The van der Waals surface area contributed by atoms with E-state index in [0.29, 0.717) is 12.2 Å². The van der Waals surface area contributed by atoms with Crippen LogP contribution in [0.2, 0.25) is 0 Å². The molecule has 0 aliphatic heterocycles. The lowest BCUT2D eigenvalue weighted by atomic mass is 10.1. The van der Waals surface area contributed by atoms with Crippen molar-refractivity contribution in [2.45, 2.75) is 46.3 Å². The smallest absolute Gasteiger partial charge is 0.306 e. The first kappa shape index (κ1) is 18.6. The number of hydrogen-bond donors (Lipinski definition) is 1. The minimum absolute atomic E-state index is 0.137. The maximum absolute atomic E-state index is 12.8. The maximum atomic E-state index is 12.8. The minimum atomic E-state index is -0.905. The van der Waals surface area contributed by atoms with Gasteiger partial charge in [-0.1, -0.05) is 17.3 Å². The van der Waals surface area contributed by atoms with Gasteiger partial charge in [-0.3, -0.25) is 9.59 Å². The number of amides is 1. The Hall–Kier alpha value is -2.70. The summed E-state index contributed by atoms with van der Waals surface area (Å²) in [6, 6.07) is 5.80. The fourth-order valence-corrected chi connectivity index (χ4v) is 2.33. The number of hydrogen-bond acceptors (Lipinski definition) is 5. The van der Waals surface area contributed by atoms with Crippen LogP contribution in [0.5, 0.6) is 0 Å². The van der Waals surface area contributed by atoms with Crippen molar-refractivity contribution in [1.29, 1.82) is 0 Å². The van der Waals surface area contributed by atoms with Crippen molar-refractivity contribution in [3.05, 3.63) is 52.7 Å². The molecule has 134 valence electrons. The molecule has 0 saturated heterocycles. The summed E-state index contributed by atoms with van der Waals surface area (Å²) in [7, 11) is 0. The standard InChI is InChI=1S/C18H21FN2O4/c1-11-16(12(2)25-21-11)8-9-17(22)24-13(3)18(23)20-10-14-4-6-15(19)7-5-14/h4-7,13H,8-10H2,1-3H3,(H,20,23)/t13-/m1/s1. The third-order valence-corrected chi connectivity index (χ3v) is 3.82. The van der Waals surface area contributed by atoms with Crippen LogP contribution in [0, 0.1) is 19.7 Å². The van der Waals surface area contributed by atoms with Crippen molar-refractivity contribution >= 4 is 11.9 Å². The Balaban J connectivity index is 1.76. The van der Waals surface area contributed by atoms with Crippen molar-refractivity contribution < 1.29 is 23.2 Å². The Morgan fingerprint density at radius 1 is 1.28 bits per heavy atom. The normalized spacial score (nSPS) is 11.8. The molecule has 1 atom stereocenters. The lowest BCUT2D eigenvalue weighted by molar-refractivity contribution is -0.154. The second kappa shape index (κ2) is 8.41. The highest BCUT2D eigenvalue weighted by molar-refractivity contribution is 5.83. The molecular formula is C18H21FN2O4. The molecule has 1 amide bonds. The van der Waals surface area contributed by atoms with E-state index >= 15 is 0 Å². The molecular weight excluding hydrogens is 327 g/mol. The number of nitrogens with one attached hydrogen (secondary N) is 1. The van der Waals surface area contributed by atoms with E-state index in [-0.39, 0.29) is 18.8 Å². The summed E-state index contributed by atoms with van der Waals surface area (Å²) in [5.74, 6) is -0.537. The molecule has 7 heteroatoms. The molecule has 0 aliphatic rings. The first-order chi connectivity index (χ1) is 11.9. The van der Waals surface area contributed by atoms with Gasteiger partial charge in [0.1, 0.15) is 11.6 Å². The molecule has 0 unspecified atom stereocenters. The highest BCUT2D eigenvalue weighted by Crippen LogP contribution is 2.14. The predicted octanol–water partition coefficient (Wildman–Crippen LogP) is 2.61. The van der Waals surface area contributed by atoms with E-state index in [4.69, 9.17) is 9.26 Å². The topological polar surface area (TPSA) is 81.4 Å². The van der Waals surface area contributed by atoms with Crippen LogP contribution in [-0.4, -0.2) is 23.1 Å². The zero-order valence-corrected chi connectivity index (χ0v) is 14.5. The number of carbonyl (C=O) groups excluding carboxylic acids is 2. The van der Waals surface area contributed by atoms with Crippen LogP contribution in [0.15, 0.2) is 28.8 Å². The fourth-order valence-electron chi connectivity index (χ4n) is 2.33. The van der Waals surface area contributed by atoms with Crippen molar-refractivity contribution in [3.8, 4) is 0 Å². The van der Waals surface area contributed by atoms with Gasteiger partial charge < -0.3 is 14.6 Å². The van der Waals surface area contributed by atoms with Gasteiger partial charge in [0, 0.05) is 18.5 Å². The van der Waals surface area contributed by atoms with Crippen LogP contribution in [0.1, 0.15) is 35.9 Å². The van der Waals surface area contributed by atoms with Gasteiger partial charge in [0.15, 0.2) is 6.10 Å². The van der Waals surface area contributed by atoms with Gasteiger partial charge in [-0.2, -0.15) is 0 Å². The number of carbonyl (C=O) groups is 2. The Morgan fingerprint density at radius 2 is 1.96 bits per heavy atom. The van der Waals surface area contributed by atoms with Gasteiger partial charge >= 0.3 is 5.97 Å². The Morgan fingerprint density at radius 3 is 2.56 bits per heavy atom. The van der Waals surface area contributed by atoms with Crippen molar-refractivity contribution in [1.82, 2.24) is 10.5 Å². The van der Waals surface area contributed by atoms with E-state index < -0.39 is 18.0 Å². The van der Waals surface area contributed by atoms with Crippen molar-refractivity contribution in [3.63, 3.8) is 0 Å². The third kappa shape index (κ3) is 5.41. The zero-order valence-electron chi connectivity index (χ0n) is 14.5. The molecule has 2 rings (SSSR count). The third-order valence-electron chi connectivity index (χ3n) is 3.82. The molecule has 0 spiro atoms. The van der Waals surface area contributed by atoms with E-state index in [9.17, 15) is 14.0 Å². The van der Waals surface area contributed by atoms with Gasteiger partial charge in [-0.15, -0.1) is 0 Å². The van der Waals surface area contributed by atoms with E-state index in [1.54, 1.807) is 19.1 Å². The van der Waals surface area contributed by atoms with Crippen LogP contribution in [-0.2, 0) is 27.3 Å². The average Bonchev–Trinajstić information content (AvgIpc) is 2.90. The number of aromatic nitrogens is 1. The van der Waals surface area contributed by atoms with Gasteiger partial charge in [0.2, 0.25) is 0 Å². The molecule has 0 radical (unpaired) electrons. The molecule has 25 heavy (non-hydrogen) atoms. The largest absolute Gasteiger partial charge is 0.453 e. The lowest BCUT2D eigenvalue weighted by Gasteiger charge is -2.13. The molecule has 0 aliphatic carbocycles. The molecule has 0 fully saturated rings. The number of halogens is 1. The summed E-state index contributed by atoms with van der Waals surface area (Å²) in [6.07, 6.45) is -0.319. The van der Waals surface area contributed by atoms with Crippen molar-refractivity contribution in [2.75, 3.05) is 0 Å². The molecule has 1 aromatic heterocycles. The zero-order chi connectivity index (χ0) is 18.4. The van der Waals surface area contributed by atoms with E-state index in [1.165, 1.54) is 19.1 Å². The van der Waals surface area contributed by atoms with E-state index in [2.05, 4.69) is 10.5 Å². The molecule has 1 heterocycles. The summed E-state index contributed by atoms with van der Waals surface area (Å²) in [5, 5.41) is 6.47. The van der Waals surface area contributed by atoms with Gasteiger partial charge in [-0.25, -0.2) is 4.39 Å². The van der Waals surface area contributed by atoms with Gasteiger partial charge in [0.05, 0.1) is 5.69 Å². The summed E-state index contributed by atoms with van der Waals surface area (Å²) in [6.45, 7) is 5.34. The van der Waals surface area contributed by atoms with Crippen LogP contribution in [0.4, 0.5) is 4.39 Å². The first-order valence-corrected chi connectivity index (χ1v) is 8.00. The van der Waals surface area contributed by atoms with Gasteiger partial charge in [-0.05, 0) is 44.9 Å². The van der Waals surface area contributed by atoms with Crippen LogP contribution >= 0.6 is 0 Å². The van der Waals surface area contributed by atoms with Gasteiger partial charge in [0.25, 0.3) is 5.91 Å². The Kier molecular flexibility index (Phi) is 6.27. The number of nitrogens with zero attached hydrogens (tertiary/aromatic N) is 1. The second-order valence-corrected chi connectivity index (χ2v) is 5.78. The molecule has 2 aromatic rings. The summed E-state index contributed by atoms with van der Waals surface area (Å²) < 4.78 is 23.0. The minimum Gasteiger partial charge on any atom is -0.453 e.